The second kappa shape index (κ2) is 9.06. The number of carbonyl (C=O) groups excluding carboxylic acids is 1. The first-order chi connectivity index (χ1) is 3.15. The van der Waals surface area contributed by atoms with Crippen LogP contribution in [-0.2, 0) is 4.79 Å². The van der Waals surface area contributed by atoms with E-state index in [1.54, 1.807) is 0 Å². The van der Waals surface area contributed by atoms with Crippen LogP contribution in [0.3, 0.4) is 0 Å². The van der Waals surface area contributed by atoms with Crippen LogP contribution in [0.15, 0.2) is 0 Å². The third-order valence-corrected chi connectivity index (χ3v) is 0. The molecule has 0 aromatic carbocycles. The lowest BCUT2D eigenvalue weighted by Gasteiger charge is -1.60. The Morgan fingerprint density at radius 3 is 1.57 bits per heavy atom. The predicted octanol–water partition coefficient (Wildman–Crippen LogP) is -0.673. The molecule has 0 spiro atoms. The van der Waals surface area contributed by atoms with Crippen LogP contribution in [0.25, 0.3) is 0 Å². The molecule has 0 aliphatic rings. The first-order valence-electron chi connectivity index (χ1n) is 1.99. The summed E-state index contributed by atoms with van der Waals surface area (Å²) in [7, 11) is 3.75. The minimum Gasteiger partial charge on any atom is -0.370 e. The van der Waals surface area contributed by atoms with Gasteiger partial charge in [0.2, 0.25) is 5.91 Å². The van der Waals surface area contributed by atoms with Crippen molar-refractivity contribution in [1.82, 2.24) is 5.32 Å². The molecule has 0 fully saturated rings. The molecular weight excluding hydrogens is 92.1 g/mol. The Kier molecular flexibility index (Phi) is 12.5. The number of carbonyl (C=O) groups is 1. The maximum absolute atomic E-state index is 9.22. The lowest BCUT2D eigenvalue weighted by Crippen LogP contribution is -2.01. The summed E-state index contributed by atoms with van der Waals surface area (Å²) in [5.41, 5.74) is 4.47. The fourth-order valence-corrected chi connectivity index (χ4v) is 0. The molecule has 0 aliphatic carbocycles. The van der Waals surface area contributed by atoms with Crippen LogP contribution >= 0.6 is 0 Å². The van der Waals surface area contributed by atoms with Crippen molar-refractivity contribution < 1.29 is 4.79 Å². The van der Waals surface area contributed by atoms with Gasteiger partial charge in [-0.15, -0.1) is 0 Å². The summed E-state index contributed by atoms with van der Waals surface area (Å²) in [5.74, 6) is -0.333. The summed E-state index contributed by atoms with van der Waals surface area (Å²) < 4.78 is 0. The molecule has 0 aliphatic heterocycles. The fraction of sp³-hybridized carbons (Fsp3) is 0.750. The highest BCUT2D eigenvalue weighted by Crippen LogP contribution is 1.33. The van der Waals surface area contributed by atoms with Gasteiger partial charge in [-0.25, -0.2) is 0 Å². The van der Waals surface area contributed by atoms with Crippen LogP contribution in [0.1, 0.15) is 6.92 Å². The van der Waals surface area contributed by atoms with E-state index in [0.29, 0.717) is 0 Å². The van der Waals surface area contributed by atoms with Crippen LogP contribution in [0.5, 0.6) is 0 Å². The molecule has 3 nitrogen and oxygen atoms in total. The van der Waals surface area contributed by atoms with E-state index in [4.69, 9.17) is 0 Å². The Hall–Kier alpha value is -0.570. The van der Waals surface area contributed by atoms with E-state index in [9.17, 15) is 4.79 Å². The van der Waals surface area contributed by atoms with Crippen LogP contribution in [0.2, 0.25) is 0 Å². The van der Waals surface area contributed by atoms with Gasteiger partial charge in [-0.1, -0.05) is 0 Å². The molecule has 0 saturated carbocycles. The lowest BCUT2D eigenvalue weighted by molar-refractivity contribution is -0.115. The van der Waals surface area contributed by atoms with Gasteiger partial charge in [0.1, 0.15) is 0 Å². The number of nitrogens with two attached hydrogens (primary N) is 1. The van der Waals surface area contributed by atoms with E-state index in [2.05, 4.69) is 11.1 Å². The molecule has 0 rings (SSSR count). The summed E-state index contributed by atoms with van der Waals surface area (Å²) in [4.78, 5) is 9.22. The molecule has 44 valence electrons. The van der Waals surface area contributed by atoms with E-state index in [-0.39, 0.29) is 5.91 Å². The minimum atomic E-state index is -0.333. The molecule has 0 atom stereocenters. The van der Waals surface area contributed by atoms with Gasteiger partial charge < -0.3 is 11.1 Å². The molecule has 3 N–H and O–H groups in total. The highest BCUT2D eigenvalue weighted by molar-refractivity contribution is 5.70. The molecule has 0 aromatic heterocycles. The Morgan fingerprint density at radius 1 is 1.57 bits per heavy atom. The number of primary amides is 1. The molecule has 3 heteroatoms. The number of nitrogens with one attached hydrogen (secondary N) is 1. The molecular formula is C4H12N2O. The molecule has 0 saturated heterocycles. The summed E-state index contributed by atoms with van der Waals surface area (Å²) in [6, 6.07) is 0. The largest absolute Gasteiger partial charge is 0.370 e. The molecule has 7 heavy (non-hydrogen) atoms. The van der Waals surface area contributed by atoms with Crippen molar-refractivity contribution in [1.29, 1.82) is 0 Å². The summed E-state index contributed by atoms with van der Waals surface area (Å²) >= 11 is 0. The number of amides is 1. The molecule has 0 radical (unpaired) electrons. The van der Waals surface area contributed by atoms with Crippen LogP contribution < -0.4 is 11.1 Å². The average molecular weight is 104 g/mol. The van der Waals surface area contributed by atoms with Gasteiger partial charge in [-0.05, 0) is 14.1 Å². The highest BCUT2D eigenvalue weighted by atomic mass is 16.1. The van der Waals surface area contributed by atoms with Crippen LogP contribution in [0, 0.1) is 0 Å². The first kappa shape index (κ1) is 9.66. The predicted molar refractivity (Wildman–Crippen MR) is 29.9 cm³/mol. The normalized spacial score (nSPS) is 6.14. The van der Waals surface area contributed by atoms with Crippen molar-refractivity contribution in [3.63, 3.8) is 0 Å². The number of hydrogen-bond acceptors (Lipinski definition) is 2. The van der Waals surface area contributed by atoms with E-state index >= 15 is 0 Å². The van der Waals surface area contributed by atoms with Gasteiger partial charge in [0.25, 0.3) is 0 Å². The van der Waals surface area contributed by atoms with Crippen molar-refractivity contribution in [2.75, 3.05) is 14.1 Å². The Morgan fingerprint density at radius 2 is 1.57 bits per heavy atom. The zero-order valence-electron chi connectivity index (χ0n) is 4.99. The van der Waals surface area contributed by atoms with Crippen LogP contribution in [-0.4, -0.2) is 20.0 Å². The quantitative estimate of drug-likeness (QED) is 0.428. The van der Waals surface area contributed by atoms with Crippen molar-refractivity contribution in [2.24, 2.45) is 5.73 Å². The number of hydrogen-bond donors (Lipinski definition) is 2. The van der Waals surface area contributed by atoms with Crippen molar-refractivity contribution >= 4 is 5.91 Å². The van der Waals surface area contributed by atoms with E-state index in [1.165, 1.54) is 6.92 Å². The zero-order chi connectivity index (χ0) is 6.28. The summed E-state index contributed by atoms with van der Waals surface area (Å²) in [6.07, 6.45) is 0. The fourth-order valence-electron chi connectivity index (χ4n) is 0. The average Bonchev–Trinajstić information content (AvgIpc) is 1.33. The second-order valence-electron chi connectivity index (χ2n) is 1.11. The van der Waals surface area contributed by atoms with Crippen molar-refractivity contribution in [3.8, 4) is 0 Å². The smallest absolute Gasteiger partial charge is 0.214 e. The van der Waals surface area contributed by atoms with Gasteiger partial charge in [0, 0.05) is 6.92 Å². The molecule has 0 aromatic rings. The molecule has 0 unspecified atom stereocenters. The Bertz CT molecular complexity index is 41.0. The Labute approximate surface area is 43.9 Å². The third kappa shape index (κ3) is 197. The van der Waals surface area contributed by atoms with Gasteiger partial charge >= 0.3 is 0 Å². The number of rotatable bonds is 0. The first-order valence-corrected chi connectivity index (χ1v) is 1.99. The molecule has 1 amide bonds. The van der Waals surface area contributed by atoms with Gasteiger partial charge in [0.05, 0.1) is 0 Å². The summed E-state index contributed by atoms with van der Waals surface area (Å²) in [6.45, 7) is 1.31. The van der Waals surface area contributed by atoms with Gasteiger partial charge in [-0.2, -0.15) is 0 Å². The Balaban J connectivity index is 0. The summed E-state index contributed by atoms with van der Waals surface area (Å²) in [5, 5.41) is 2.75. The van der Waals surface area contributed by atoms with E-state index in [1.807, 2.05) is 14.1 Å². The van der Waals surface area contributed by atoms with E-state index < -0.39 is 0 Å². The maximum Gasteiger partial charge on any atom is 0.214 e. The van der Waals surface area contributed by atoms with Crippen LogP contribution in [0.4, 0.5) is 0 Å². The van der Waals surface area contributed by atoms with E-state index in [0.717, 1.165) is 0 Å². The third-order valence-electron chi connectivity index (χ3n) is 0. The highest BCUT2D eigenvalue weighted by Gasteiger charge is 1.61. The van der Waals surface area contributed by atoms with Gasteiger partial charge in [-0.3, -0.25) is 4.79 Å². The zero-order valence-corrected chi connectivity index (χ0v) is 4.99. The lowest BCUT2D eigenvalue weighted by atomic mass is 10.8. The molecule has 0 heterocycles. The van der Waals surface area contributed by atoms with Gasteiger partial charge in [0.15, 0.2) is 0 Å². The second-order valence-corrected chi connectivity index (χ2v) is 1.11. The maximum atomic E-state index is 9.22. The topological polar surface area (TPSA) is 55.1 Å². The monoisotopic (exact) mass is 104 g/mol. The minimum absolute atomic E-state index is 0.333. The van der Waals surface area contributed by atoms with Crippen molar-refractivity contribution in [3.05, 3.63) is 0 Å². The standard InChI is InChI=1S/C2H5NO.C2H7N/c1-2(3)4;1-3-2/h1H3,(H2,3,4);3H,1-2H3. The van der Waals surface area contributed by atoms with Crippen molar-refractivity contribution in [2.45, 2.75) is 6.92 Å². The molecule has 0 bridgehead atoms. The SMILES string of the molecule is CC(N)=O.CNC.